The van der Waals surface area contributed by atoms with Crippen molar-refractivity contribution in [2.75, 3.05) is 5.88 Å². The predicted molar refractivity (Wildman–Crippen MR) is 51.0 cm³/mol. The van der Waals surface area contributed by atoms with Crippen LogP contribution in [0.4, 0.5) is 0 Å². The van der Waals surface area contributed by atoms with Gasteiger partial charge in [0.1, 0.15) is 0 Å². The minimum atomic E-state index is 0.151. The van der Waals surface area contributed by atoms with Crippen LogP contribution in [0, 0.1) is 5.41 Å². The molecule has 0 aromatic heterocycles. The van der Waals surface area contributed by atoms with Crippen LogP contribution in [-0.4, -0.2) is 5.88 Å². The molecule has 0 saturated heterocycles. The van der Waals surface area contributed by atoms with Gasteiger partial charge in [0.2, 0.25) is 0 Å². The minimum Gasteiger partial charge on any atom is -0.126 e. The number of alkyl halides is 1. The molecule has 0 N–H and O–H groups in total. The highest BCUT2D eigenvalue weighted by molar-refractivity contribution is 6.18. The third-order valence-corrected chi connectivity index (χ3v) is 2.78. The smallest absolute Gasteiger partial charge is 0.0315 e. The van der Waals surface area contributed by atoms with Gasteiger partial charge in [-0.2, -0.15) is 0 Å². The highest BCUT2D eigenvalue weighted by Crippen LogP contribution is 2.30. The Kier molecular flexibility index (Phi) is 2.78. The van der Waals surface area contributed by atoms with Gasteiger partial charge in [-0.05, 0) is 18.4 Å². The van der Waals surface area contributed by atoms with Gasteiger partial charge in [0.25, 0.3) is 0 Å². The molecule has 0 aromatic carbocycles. The van der Waals surface area contributed by atoms with Crippen molar-refractivity contribution in [3.8, 4) is 0 Å². The Hall–Kier alpha value is -0.230. The lowest BCUT2D eigenvalue weighted by molar-refractivity contribution is 0.520. The van der Waals surface area contributed by atoms with Crippen molar-refractivity contribution in [2.45, 2.75) is 26.7 Å². The second kappa shape index (κ2) is 3.44. The first-order chi connectivity index (χ1) is 5.17. The van der Waals surface area contributed by atoms with E-state index in [4.69, 9.17) is 11.6 Å². The monoisotopic (exact) mass is 170 g/mol. The summed E-state index contributed by atoms with van der Waals surface area (Å²) in [4.78, 5) is 0. The van der Waals surface area contributed by atoms with E-state index >= 15 is 0 Å². The van der Waals surface area contributed by atoms with Crippen molar-refractivity contribution in [1.29, 1.82) is 0 Å². The van der Waals surface area contributed by atoms with Crippen LogP contribution >= 0.6 is 11.6 Å². The quantitative estimate of drug-likeness (QED) is 0.557. The molecule has 62 valence electrons. The summed E-state index contributed by atoms with van der Waals surface area (Å²) in [5, 5.41) is 0. The third-order valence-electron chi connectivity index (χ3n) is 2.11. The molecule has 1 rings (SSSR count). The van der Waals surface area contributed by atoms with Crippen LogP contribution in [-0.2, 0) is 0 Å². The Morgan fingerprint density at radius 3 is 2.64 bits per heavy atom. The number of hydrogen-bond donors (Lipinski definition) is 0. The largest absolute Gasteiger partial charge is 0.126 e. The summed E-state index contributed by atoms with van der Waals surface area (Å²) in [5.41, 5.74) is 1.54. The van der Waals surface area contributed by atoms with E-state index in [1.54, 1.807) is 0 Å². The van der Waals surface area contributed by atoms with E-state index in [0.29, 0.717) is 5.88 Å². The zero-order valence-electron chi connectivity index (χ0n) is 7.23. The van der Waals surface area contributed by atoms with Gasteiger partial charge in [0.15, 0.2) is 0 Å². The Morgan fingerprint density at radius 1 is 1.45 bits per heavy atom. The highest BCUT2D eigenvalue weighted by atomic mass is 35.5. The van der Waals surface area contributed by atoms with Crippen molar-refractivity contribution < 1.29 is 0 Å². The zero-order valence-corrected chi connectivity index (χ0v) is 7.99. The summed E-state index contributed by atoms with van der Waals surface area (Å²) in [5.74, 6) is 0.698. The Bertz CT molecular complexity index is 187. The molecule has 0 nitrogen and oxygen atoms in total. The fraction of sp³-hybridized carbons (Fsp3) is 0.600. The zero-order chi connectivity index (χ0) is 8.32. The molecule has 0 unspecified atom stereocenters. The number of hydrogen-bond acceptors (Lipinski definition) is 0. The summed E-state index contributed by atoms with van der Waals surface area (Å²) in [6.07, 6.45) is 9.08. The maximum atomic E-state index is 5.85. The van der Waals surface area contributed by atoms with Gasteiger partial charge in [-0.1, -0.05) is 32.1 Å². The second-order valence-electron chi connectivity index (χ2n) is 3.66. The van der Waals surface area contributed by atoms with Gasteiger partial charge >= 0.3 is 0 Å². The fourth-order valence-corrected chi connectivity index (χ4v) is 1.35. The molecule has 1 aliphatic rings. The van der Waals surface area contributed by atoms with Crippen LogP contribution < -0.4 is 0 Å². The molecule has 1 aliphatic carbocycles. The average Bonchev–Trinajstić information content (AvgIpc) is 2.06. The van der Waals surface area contributed by atoms with Gasteiger partial charge in [0.05, 0.1) is 0 Å². The van der Waals surface area contributed by atoms with Gasteiger partial charge in [-0.25, -0.2) is 0 Å². The summed E-state index contributed by atoms with van der Waals surface area (Å²) < 4.78 is 0. The molecule has 0 heterocycles. The van der Waals surface area contributed by atoms with E-state index in [1.165, 1.54) is 18.4 Å². The van der Waals surface area contributed by atoms with Crippen LogP contribution in [0.3, 0.4) is 0 Å². The second-order valence-corrected chi connectivity index (χ2v) is 3.92. The van der Waals surface area contributed by atoms with E-state index in [0.717, 1.165) is 0 Å². The molecular formula is C10H15Cl. The lowest BCUT2D eigenvalue weighted by atomic mass is 9.83. The number of allylic oxidation sites excluding steroid dienone is 4. The molecule has 0 bridgehead atoms. The lowest BCUT2D eigenvalue weighted by Gasteiger charge is -2.24. The normalized spacial score (nSPS) is 18.3. The maximum Gasteiger partial charge on any atom is 0.0315 e. The lowest BCUT2D eigenvalue weighted by Crippen LogP contribution is -2.16. The van der Waals surface area contributed by atoms with Gasteiger partial charge in [-0.3, -0.25) is 0 Å². The van der Waals surface area contributed by atoms with E-state index in [2.05, 4.69) is 32.1 Å². The fourth-order valence-electron chi connectivity index (χ4n) is 1.19. The molecular weight excluding hydrogens is 156 g/mol. The van der Waals surface area contributed by atoms with Crippen molar-refractivity contribution in [2.24, 2.45) is 5.41 Å². The van der Waals surface area contributed by atoms with Crippen LogP contribution in [0.1, 0.15) is 26.7 Å². The summed E-state index contributed by atoms with van der Waals surface area (Å²) in [6, 6.07) is 0. The maximum absolute atomic E-state index is 5.85. The van der Waals surface area contributed by atoms with Crippen LogP contribution in [0.25, 0.3) is 0 Å². The molecule has 11 heavy (non-hydrogen) atoms. The van der Waals surface area contributed by atoms with Crippen LogP contribution in [0.5, 0.6) is 0 Å². The Labute approximate surface area is 73.9 Å². The van der Waals surface area contributed by atoms with Gasteiger partial charge < -0.3 is 0 Å². The predicted octanol–water partition coefficient (Wildman–Crippen LogP) is 3.53. The third kappa shape index (κ3) is 2.10. The molecule has 0 radical (unpaired) electrons. The first-order valence-corrected chi connectivity index (χ1v) is 4.63. The molecule has 0 fully saturated rings. The summed E-state index contributed by atoms with van der Waals surface area (Å²) in [6.45, 7) is 4.36. The molecule has 1 heteroatoms. The summed E-state index contributed by atoms with van der Waals surface area (Å²) in [7, 11) is 0. The molecule has 0 aromatic rings. The first-order valence-electron chi connectivity index (χ1n) is 4.10. The van der Waals surface area contributed by atoms with Crippen molar-refractivity contribution >= 4 is 11.6 Å². The molecule has 0 spiro atoms. The Morgan fingerprint density at radius 2 is 2.18 bits per heavy atom. The SMILES string of the molecule is CC(C)(CCl)C1=CCCC=C1. The van der Waals surface area contributed by atoms with E-state index < -0.39 is 0 Å². The van der Waals surface area contributed by atoms with Crippen LogP contribution in [0.15, 0.2) is 23.8 Å². The van der Waals surface area contributed by atoms with Crippen molar-refractivity contribution in [3.63, 3.8) is 0 Å². The molecule has 0 atom stereocenters. The highest BCUT2D eigenvalue weighted by Gasteiger charge is 2.20. The van der Waals surface area contributed by atoms with E-state index in [-0.39, 0.29) is 5.41 Å². The Balaban J connectivity index is 2.73. The van der Waals surface area contributed by atoms with E-state index in [1.807, 2.05) is 0 Å². The van der Waals surface area contributed by atoms with E-state index in [9.17, 15) is 0 Å². The minimum absolute atomic E-state index is 0.151. The first kappa shape index (κ1) is 8.86. The van der Waals surface area contributed by atoms with Crippen molar-refractivity contribution in [3.05, 3.63) is 23.8 Å². The van der Waals surface area contributed by atoms with Crippen molar-refractivity contribution in [1.82, 2.24) is 0 Å². The molecule has 0 aliphatic heterocycles. The van der Waals surface area contributed by atoms with Crippen LogP contribution in [0.2, 0.25) is 0 Å². The molecule has 0 saturated carbocycles. The average molecular weight is 171 g/mol. The van der Waals surface area contributed by atoms with Gasteiger partial charge in [0, 0.05) is 11.3 Å². The number of halogens is 1. The van der Waals surface area contributed by atoms with Gasteiger partial charge in [-0.15, -0.1) is 11.6 Å². The topological polar surface area (TPSA) is 0 Å². The number of rotatable bonds is 2. The summed E-state index contributed by atoms with van der Waals surface area (Å²) >= 11 is 5.85. The standard InChI is InChI=1S/C10H15Cl/c1-10(2,8-11)9-6-4-3-5-7-9/h4,6-7H,3,5,8H2,1-2H3. The molecule has 0 amide bonds.